The summed E-state index contributed by atoms with van der Waals surface area (Å²) in [5.74, 6) is -0.136. The summed E-state index contributed by atoms with van der Waals surface area (Å²) < 4.78 is 37.2. The molecule has 164 valence electrons. The number of carbonyl (C=O) groups excluding carboxylic acids is 1. The van der Waals surface area contributed by atoms with E-state index in [2.05, 4.69) is 14.5 Å². The second kappa shape index (κ2) is 6.98. The Bertz CT molecular complexity index is 1310. The Kier molecular flexibility index (Phi) is 4.44. The molecule has 3 aromatic rings. The molecule has 0 spiro atoms. The van der Waals surface area contributed by atoms with Gasteiger partial charge in [-0.2, -0.15) is 0 Å². The van der Waals surface area contributed by atoms with E-state index in [9.17, 15) is 18.4 Å². The molecule has 1 fully saturated rings. The molecule has 5 rings (SSSR count). The van der Waals surface area contributed by atoms with Crippen LogP contribution in [0.25, 0.3) is 11.3 Å². The first-order valence-corrected chi connectivity index (χ1v) is 10.2. The van der Waals surface area contributed by atoms with Gasteiger partial charge >= 0.3 is 6.29 Å². The van der Waals surface area contributed by atoms with Gasteiger partial charge in [0.15, 0.2) is 11.5 Å². The van der Waals surface area contributed by atoms with Gasteiger partial charge in [0.25, 0.3) is 5.56 Å². The largest absolute Gasteiger partial charge is 0.586 e. The summed E-state index contributed by atoms with van der Waals surface area (Å²) in [4.78, 5) is 29.9. The third kappa shape index (κ3) is 3.45. The summed E-state index contributed by atoms with van der Waals surface area (Å²) in [6.45, 7) is 1.90. The van der Waals surface area contributed by atoms with E-state index in [4.69, 9.17) is 0 Å². The molecule has 1 saturated carbocycles. The Morgan fingerprint density at radius 1 is 1.09 bits per heavy atom. The lowest BCUT2D eigenvalue weighted by Gasteiger charge is -2.15. The van der Waals surface area contributed by atoms with Gasteiger partial charge in [-0.25, -0.2) is 0 Å². The average molecular weight is 438 g/mol. The quantitative estimate of drug-likeness (QED) is 0.604. The van der Waals surface area contributed by atoms with Crippen molar-refractivity contribution in [3.05, 3.63) is 75.8 Å². The topological polar surface area (TPSA) is 70.4 Å². The zero-order chi connectivity index (χ0) is 22.7. The predicted octanol–water partition coefficient (Wildman–Crippen LogP) is 3.92. The molecule has 1 aromatic carbocycles. The first-order valence-electron chi connectivity index (χ1n) is 10.2. The molecule has 3 heterocycles. The van der Waals surface area contributed by atoms with E-state index in [-0.39, 0.29) is 29.3 Å². The maximum atomic E-state index is 13.3. The lowest BCUT2D eigenvalue weighted by molar-refractivity contribution is -0.286. The summed E-state index contributed by atoms with van der Waals surface area (Å²) >= 11 is 0. The first kappa shape index (κ1) is 20.4. The van der Waals surface area contributed by atoms with Crippen LogP contribution >= 0.6 is 0 Å². The minimum absolute atomic E-state index is 0.0330. The number of ketones is 1. The minimum atomic E-state index is -3.69. The van der Waals surface area contributed by atoms with Crippen LogP contribution in [0.2, 0.25) is 0 Å². The third-order valence-electron chi connectivity index (χ3n) is 6.11. The Balaban J connectivity index is 1.41. The molecule has 0 saturated heterocycles. The lowest BCUT2D eigenvalue weighted by atomic mass is 9.88. The molecule has 2 aliphatic rings. The molecule has 0 N–H and O–H groups in total. The van der Waals surface area contributed by atoms with Gasteiger partial charge < -0.3 is 14.0 Å². The van der Waals surface area contributed by atoms with E-state index >= 15 is 0 Å². The molecule has 0 bridgehead atoms. The molecule has 32 heavy (non-hydrogen) atoms. The number of carbonyl (C=O) groups is 1. The van der Waals surface area contributed by atoms with E-state index in [0.717, 1.165) is 5.56 Å². The van der Waals surface area contributed by atoms with Crippen LogP contribution in [-0.2, 0) is 23.7 Å². The Labute approximate surface area is 182 Å². The highest BCUT2D eigenvalue weighted by Crippen LogP contribution is 2.52. The third-order valence-corrected chi connectivity index (χ3v) is 6.11. The Hall–Kier alpha value is -3.55. The summed E-state index contributed by atoms with van der Waals surface area (Å²) in [7, 11) is 1.67. The molecule has 6 nitrogen and oxygen atoms in total. The normalized spacial score (nSPS) is 17.2. The Morgan fingerprint density at radius 2 is 1.84 bits per heavy atom. The van der Waals surface area contributed by atoms with Gasteiger partial charge in [0.05, 0.1) is 11.1 Å². The van der Waals surface area contributed by atoms with Gasteiger partial charge in [-0.15, -0.1) is 8.78 Å². The number of aromatic nitrogens is 2. The minimum Gasteiger partial charge on any atom is -0.395 e. The van der Waals surface area contributed by atoms with Crippen molar-refractivity contribution < 1.29 is 23.0 Å². The van der Waals surface area contributed by atoms with E-state index < -0.39 is 11.7 Å². The molecule has 2 aromatic heterocycles. The number of hydrogen-bond acceptors (Lipinski definition) is 5. The van der Waals surface area contributed by atoms with Crippen molar-refractivity contribution in [2.75, 3.05) is 0 Å². The van der Waals surface area contributed by atoms with Gasteiger partial charge in [-0.05, 0) is 55.2 Å². The van der Waals surface area contributed by atoms with Crippen LogP contribution in [0.4, 0.5) is 8.78 Å². The number of hydrogen-bond donors (Lipinski definition) is 0. The fourth-order valence-corrected chi connectivity index (χ4v) is 4.09. The summed E-state index contributed by atoms with van der Waals surface area (Å²) in [6, 6.07) is 11.5. The number of nitrogens with zero attached hydrogens (tertiary/aromatic N) is 2. The van der Waals surface area contributed by atoms with Crippen LogP contribution in [0, 0.1) is 6.92 Å². The van der Waals surface area contributed by atoms with Crippen LogP contribution in [0.5, 0.6) is 11.5 Å². The Morgan fingerprint density at radius 3 is 2.56 bits per heavy atom. The number of halogens is 2. The number of pyridine rings is 2. The zero-order valence-electron chi connectivity index (χ0n) is 17.5. The molecule has 0 atom stereocenters. The molecule has 8 heteroatoms. The first-order chi connectivity index (χ1) is 15.2. The standard InChI is InChI=1S/C24H20F2N2O4/c1-14-3-5-17(27-22(14)15-7-10-28(2)21(30)11-15)13-20(29)23(8-9-23)16-4-6-18-19(12-16)32-24(25,26)31-18/h3-7,10-12H,8-9,13H2,1-2H3. The highest BCUT2D eigenvalue weighted by molar-refractivity contribution is 5.94. The average Bonchev–Trinajstić information content (AvgIpc) is 3.48. The van der Waals surface area contributed by atoms with Gasteiger partial charge in [0.2, 0.25) is 0 Å². The zero-order valence-corrected chi connectivity index (χ0v) is 17.5. The predicted molar refractivity (Wildman–Crippen MR) is 112 cm³/mol. The number of ether oxygens (including phenoxy) is 2. The smallest absolute Gasteiger partial charge is 0.395 e. The number of fused-ring (bicyclic) bond motifs is 1. The molecule has 0 radical (unpaired) electrons. The molecule has 1 aliphatic carbocycles. The van der Waals surface area contributed by atoms with Crippen molar-refractivity contribution >= 4 is 5.78 Å². The number of rotatable bonds is 5. The highest BCUT2D eigenvalue weighted by Gasteiger charge is 2.52. The fourth-order valence-electron chi connectivity index (χ4n) is 4.09. The van der Waals surface area contributed by atoms with Crippen molar-refractivity contribution in [2.24, 2.45) is 7.05 Å². The summed E-state index contributed by atoms with van der Waals surface area (Å²) in [6.07, 6.45) is -0.644. The van der Waals surface area contributed by atoms with Crippen molar-refractivity contribution in [2.45, 2.75) is 37.9 Å². The summed E-state index contributed by atoms with van der Waals surface area (Å²) in [5.41, 5.74) is 2.60. The van der Waals surface area contributed by atoms with Crippen molar-refractivity contribution in [1.82, 2.24) is 9.55 Å². The van der Waals surface area contributed by atoms with Crippen LogP contribution in [0.3, 0.4) is 0 Å². The molecular weight excluding hydrogens is 418 g/mol. The maximum Gasteiger partial charge on any atom is 0.586 e. The molecule has 0 amide bonds. The number of benzene rings is 1. The monoisotopic (exact) mass is 438 g/mol. The van der Waals surface area contributed by atoms with Crippen molar-refractivity contribution in [3.63, 3.8) is 0 Å². The summed E-state index contributed by atoms with van der Waals surface area (Å²) in [5, 5.41) is 0. The van der Waals surface area contributed by atoms with Gasteiger partial charge in [0, 0.05) is 37.0 Å². The molecular formula is C24H20F2N2O4. The lowest BCUT2D eigenvalue weighted by Crippen LogP contribution is -2.26. The molecule has 0 unspecified atom stereocenters. The van der Waals surface area contributed by atoms with Crippen LogP contribution in [0.15, 0.2) is 53.5 Å². The molecule has 1 aliphatic heterocycles. The number of alkyl halides is 2. The SMILES string of the molecule is Cc1ccc(CC(=O)C2(c3ccc4c(c3)OC(F)(F)O4)CC2)nc1-c1ccn(C)c(=O)c1. The van der Waals surface area contributed by atoms with Crippen molar-refractivity contribution in [1.29, 1.82) is 0 Å². The van der Waals surface area contributed by atoms with Crippen LogP contribution in [0.1, 0.15) is 29.7 Å². The van der Waals surface area contributed by atoms with E-state index in [1.165, 1.54) is 22.8 Å². The van der Waals surface area contributed by atoms with E-state index in [1.54, 1.807) is 25.4 Å². The fraction of sp³-hybridized carbons (Fsp3) is 0.292. The highest BCUT2D eigenvalue weighted by atomic mass is 19.3. The number of aryl methyl sites for hydroxylation is 2. The van der Waals surface area contributed by atoms with Gasteiger partial charge in [-0.3, -0.25) is 14.6 Å². The van der Waals surface area contributed by atoms with Crippen LogP contribution in [-0.4, -0.2) is 21.6 Å². The van der Waals surface area contributed by atoms with E-state index in [1.807, 2.05) is 19.1 Å². The van der Waals surface area contributed by atoms with Crippen LogP contribution < -0.4 is 15.0 Å². The van der Waals surface area contributed by atoms with Gasteiger partial charge in [-0.1, -0.05) is 12.1 Å². The van der Waals surface area contributed by atoms with E-state index in [0.29, 0.717) is 35.4 Å². The second-order valence-electron chi connectivity index (χ2n) is 8.34. The second-order valence-corrected chi connectivity index (χ2v) is 8.34. The van der Waals surface area contributed by atoms with Crippen molar-refractivity contribution in [3.8, 4) is 22.8 Å². The number of Topliss-reactive ketones (excluding diaryl/α,β-unsaturated/α-hetero) is 1. The van der Waals surface area contributed by atoms with Gasteiger partial charge in [0.1, 0.15) is 5.78 Å². The maximum absolute atomic E-state index is 13.3.